The molecule has 0 heterocycles. The molecular weight excluding hydrogens is 181 g/mol. The molecule has 0 radical (unpaired) electrons. The number of rotatable bonds is 3. The van der Waals surface area contributed by atoms with Crippen LogP contribution in [0, 0.1) is 5.82 Å². The van der Waals surface area contributed by atoms with Crippen LogP contribution in [0.25, 0.3) is 5.57 Å². The summed E-state index contributed by atoms with van der Waals surface area (Å²) in [6.07, 6.45) is 2.24. The van der Waals surface area contributed by atoms with Crippen molar-refractivity contribution in [3.8, 4) is 0 Å². The Labute approximate surface area is 82.7 Å². The van der Waals surface area contributed by atoms with Crippen molar-refractivity contribution >= 4 is 11.9 Å². The van der Waals surface area contributed by atoms with Crippen molar-refractivity contribution in [1.82, 2.24) is 4.90 Å². The Morgan fingerprint density at radius 3 is 2.50 bits per heavy atom. The van der Waals surface area contributed by atoms with Gasteiger partial charge in [-0.25, -0.2) is 4.39 Å². The van der Waals surface area contributed by atoms with Crippen LogP contribution in [0.5, 0.6) is 0 Å². The van der Waals surface area contributed by atoms with Gasteiger partial charge in [0.15, 0.2) is 6.29 Å². The molecule has 0 aliphatic carbocycles. The number of aldehydes is 1. The highest BCUT2D eigenvalue weighted by Gasteiger charge is 2.05. The molecule has 0 aliphatic heterocycles. The van der Waals surface area contributed by atoms with Crippen molar-refractivity contribution in [3.05, 3.63) is 41.8 Å². The smallest absolute Gasteiger partial charge is 0.152 e. The van der Waals surface area contributed by atoms with Gasteiger partial charge in [0.25, 0.3) is 0 Å². The second-order valence-electron chi connectivity index (χ2n) is 3.15. The summed E-state index contributed by atoms with van der Waals surface area (Å²) < 4.78 is 13.3. The Hall–Kier alpha value is -1.64. The summed E-state index contributed by atoms with van der Waals surface area (Å²) in [6, 6.07) is 6.21. The number of carbonyl (C=O) groups is 1. The van der Waals surface area contributed by atoms with Gasteiger partial charge >= 0.3 is 0 Å². The number of carbonyl (C=O) groups excluding carboxylic acids is 1. The quantitative estimate of drug-likeness (QED) is 0.540. The lowest BCUT2D eigenvalue weighted by molar-refractivity contribution is -0.103. The molecule has 0 spiro atoms. The fourth-order valence-electron chi connectivity index (χ4n) is 1.14. The SMILES string of the molecule is CN(C)C=C(C=O)c1ccccc1F. The second-order valence-corrected chi connectivity index (χ2v) is 3.15. The average Bonchev–Trinajstić information content (AvgIpc) is 2.15. The van der Waals surface area contributed by atoms with E-state index in [4.69, 9.17) is 0 Å². The zero-order valence-corrected chi connectivity index (χ0v) is 8.20. The lowest BCUT2D eigenvalue weighted by Crippen LogP contribution is -2.04. The topological polar surface area (TPSA) is 20.3 Å². The van der Waals surface area contributed by atoms with Crippen molar-refractivity contribution in [1.29, 1.82) is 0 Å². The fraction of sp³-hybridized carbons (Fsp3) is 0.182. The van der Waals surface area contributed by atoms with Crippen molar-refractivity contribution in [2.24, 2.45) is 0 Å². The molecule has 0 unspecified atom stereocenters. The van der Waals surface area contributed by atoms with Crippen LogP contribution >= 0.6 is 0 Å². The van der Waals surface area contributed by atoms with E-state index >= 15 is 0 Å². The molecule has 0 saturated heterocycles. The van der Waals surface area contributed by atoms with Crippen LogP contribution in [-0.2, 0) is 4.79 Å². The summed E-state index contributed by atoms with van der Waals surface area (Å²) in [7, 11) is 3.56. The summed E-state index contributed by atoms with van der Waals surface area (Å²) in [5, 5.41) is 0. The molecule has 0 saturated carbocycles. The van der Waals surface area contributed by atoms with Crippen LogP contribution in [0.2, 0.25) is 0 Å². The van der Waals surface area contributed by atoms with Gasteiger partial charge in [0.1, 0.15) is 5.82 Å². The Morgan fingerprint density at radius 2 is 2.00 bits per heavy atom. The van der Waals surface area contributed by atoms with E-state index < -0.39 is 0 Å². The monoisotopic (exact) mass is 193 g/mol. The summed E-state index contributed by atoms with van der Waals surface area (Å²) in [6.45, 7) is 0. The maximum atomic E-state index is 13.3. The zero-order chi connectivity index (χ0) is 10.6. The van der Waals surface area contributed by atoms with E-state index in [9.17, 15) is 9.18 Å². The summed E-state index contributed by atoms with van der Waals surface area (Å²) >= 11 is 0. The molecule has 14 heavy (non-hydrogen) atoms. The minimum Gasteiger partial charge on any atom is -0.383 e. The number of allylic oxidation sites excluding steroid dienone is 1. The molecule has 3 heteroatoms. The standard InChI is InChI=1S/C11H12FNO/c1-13(2)7-9(8-14)10-5-3-4-6-11(10)12/h3-8H,1-2H3. The molecular formula is C11H12FNO. The average molecular weight is 193 g/mol. The summed E-state index contributed by atoms with van der Waals surface area (Å²) in [5.41, 5.74) is 0.671. The molecule has 0 amide bonds. The van der Waals surface area contributed by atoms with E-state index in [1.807, 2.05) is 0 Å². The van der Waals surface area contributed by atoms with E-state index in [-0.39, 0.29) is 5.82 Å². The molecule has 1 aromatic rings. The fourth-order valence-corrected chi connectivity index (χ4v) is 1.14. The van der Waals surface area contributed by atoms with Crippen molar-refractivity contribution < 1.29 is 9.18 Å². The third kappa shape index (κ3) is 2.42. The molecule has 0 fully saturated rings. The lowest BCUT2D eigenvalue weighted by atomic mass is 10.1. The third-order valence-corrected chi connectivity index (χ3v) is 1.71. The number of hydrogen-bond donors (Lipinski definition) is 0. The van der Waals surface area contributed by atoms with Crippen LogP contribution in [0.4, 0.5) is 4.39 Å². The van der Waals surface area contributed by atoms with E-state index in [2.05, 4.69) is 0 Å². The second kappa shape index (κ2) is 4.56. The van der Waals surface area contributed by atoms with Gasteiger partial charge in [-0.05, 0) is 6.07 Å². The maximum absolute atomic E-state index is 13.3. The van der Waals surface area contributed by atoms with E-state index in [0.717, 1.165) is 0 Å². The van der Waals surface area contributed by atoms with E-state index in [1.165, 1.54) is 6.07 Å². The van der Waals surface area contributed by atoms with Crippen molar-refractivity contribution in [2.45, 2.75) is 0 Å². The van der Waals surface area contributed by atoms with E-state index in [0.29, 0.717) is 17.4 Å². The molecule has 2 nitrogen and oxygen atoms in total. The van der Waals surface area contributed by atoms with Crippen LogP contribution in [0.1, 0.15) is 5.56 Å². The van der Waals surface area contributed by atoms with Crippen LogP contribution in [0.3, 0.4) is 0 Å². The first-order valence-corrected chi connectivity index (χ1v) is 4.23. The first-order chi connectivity index (χ1) is 6.65. The Bertz CT molecular complexity index is 358. The molecule has 0 N–H and O–H groups in total. The molecule has 0 atom stereocenters. The number of nitrogens with zero attached hydrogens (tertiary/aromatic N) is 1. The predicted molar refractivity (Wildman–Crippen MR) is 54.1 cm³/mol. The van der Waals surface area contributed by atoms with Gasteiger partial charge in [-0.3, -0.25) is 4.79 Å². The summed E-state index contributed by atoms with van der Waals surface area (Å²) in [4.78, 5) is 12.4. The largest absolute Gasteiger partial charge is 0.383 e. The maximum Gasteiger partial charge on any atom is 0.152 e. The van der Waals surface area contributed by atoms with Crippen molar-refractivity contribution in [3.63, 3.8) is 0 Å². The van der Waals surface area contributed by atoms with Gasteiger partial charge in [0.2, 0.25) is 0 Å². The molecule has 1 rings (SSSR count). The summed E-state index contributed by atoms with van der Waals surface area (Å²) in [5.74, 6) is -0.382. The molecule has 1 aromatic carbocycles. The predicted octanol–water partition coefficient (Wildman–Crippen LogP) is 1.93. The van der Waals surface area contributed by atoms with Crippen LogP contribution in [0.15, 0.2) is 30.5 Å². The molecule has 74 valence electrons. The van der Waals surface area contributed by atoms with Gasteiger partial charge in [0, 0.05) is 31.4 Å². The minimum absolute atomic E-state index is 0.330. The molecule has 0 aromatic heterocycles. The first-order valence-electron chi connectivity index (χ1n) is 4.23. The van der Waals surface area contributed by atoms with Gasteiger partial charge in [0.05, 0.1) is 0 Å². The van der Waals surface area contributed by atoms with Crippen LogP contribution < -0.4 is 0 Å². The number of benzene rings is 1. The minimum atomic E-state index is -0.382. The third-order valence-electron chi connectivity index (χ3n) is 1.71. The van der Waals surface area contributed by atoms with Gasteiger partial charge in [-0.2, -0.15) is 0 Å². The zero-order valence-electron chi connectivity index (χ0n) is 8.20. The highest BCUT2D eigenvalue weighted by Crippen LogP contribution is 2.15. The lowest BCUT2D eigenvalue weighted by Gasteiger charge is -2.07. The number of halogens is 1. The van der Waals surface area contributed by atoms with E-state index in [1.54, 1.807) is 43.4 Å². The highest BCUT2D eigenvalue weighted by atomic mass is 19.1. The first kappa shape index (κ1) is 10.4. The normalized spacial score (nSPS) is 11.2. The molecule has 0 bridgehead atoms. The van der Waals surface area contributed by atoms with Gasteiger partial charge in [-0.1, -0.05) is 18.2 Å². The Morgan fingerprint density at radius 1 is 1.36 bits per heavy atom. The highest BCUT2D eigenvalue weighted by molar-refractivity contribution is 6.06. The number of hydrogen-bond acceptors (Lipinski definition) is 2. The van der Waals surface area contributed by atoms with Crippen molar-refractivity contribution in [2.75, 3.05) is 14.1 Å². The Kier molecular flexibility index (Phi) is 3.40. The molecule has 0 aliphatic rings. The van der Waals surface area contributed by atoms with Gasteiger partial charge < -0.3 is 4.90 Å². The van der Waals surface area contributed by atoms with Gasteiger partial charge in [-0.15, -0.1) is 0 Å². The Balaban J connectivity index is 3.13. The van der Waals surface area contributed by atoms with Crippen LogP contribution in [-0.4, -0.2) is 25.3 Å².